The third kappa shape index (κ3) is 4.83. The predicted octanol–water partition coefficient (Wildman–Crippen LogP) is 2.77. The number of H-pyrrole nitrogens is 1. The van der Waals surface area contributed by atoms with Crippen LogP contribution in [0.3, 0.4) is 0 Å². The van der Waals surface area contributed by atoms with Crippen LogP contribution in [-0.2, 0) is 19.5 Å². The van der Waals surface area contributed by atoms with Crippen LogP contribution in [-0.4, -0.2) is 46.0 Å². The number of hydrogen-bond donors (Lipinski definition) is 3. The van der Waals surface area contributed by atoms with Gasteiger partial charge in [0.05, 0.1) is 29.5 Å². The lowest BCUT2D eigenvalue weighted by Gasteiger charge is -2.48. The lowest BCUT2D eigenvalue weighted by molar-refractivity contribution is -0.977. The zero-order chi connectivity index (χ0) is 22.6. The second-order valence-electron chi connectivity index (χ2n) is 8.38. The molecular formula is C24H26ClN6O+. The van der Waals surface area contributed by atoms with Crippen molar-refractivity contribution in [2.75, 3.05) is 19.6 Å². The van der Waals surface area contributed by atoms with Gasteiger partial charge in [-0.15, -0.1) is 0 Å². The van der Waals surface area contributed by atoms with Crippen LogP contribution < -0.4 is 11.1 Å². The molecule has 0 saturated carbocycles. The van der Waals surface area contributed by atoms with Gasteiger partial charge in [0.25, 0.3) is 0 Å². The Labute approximate surface area is 192 Å². The number of halogens is 1. The molecule has 1 aromatic heterocycles. The van der Waals surface area contributed by atoms with Gasteiger partial charge in [-0.2, -0.15) is 5.26 Å². The Hall–Kier alpha value is -3.18. The number of carbonyl (C=O) groups is 1. The molecular weight excluding hydrogens is 424 g/mol. The van der Waals surface area contributed by atoms with Crippen molar-refractivity contribution in [1.29, 1.82) is 5.26 Å². The molecule has 2 unspecified atom stereocenters. The number of nitrogens with zero attached hydrogens (tertiary/aromatic N) is 3. The van der Waals surface area contributed by atoms with Crippen molar-refractivity contribution in [3.63, 3.8) is 0 Å². The maximum atomic E-state index is 11.6. The first-order chi connectivity index (χ1) is 15.5. The Balaban J connectivity index is 1.70. The van der Waals surface area contributed by atoms with Gasteiger partial charge in [-0.1, -0.05) is 29.8 Å². The van der Waals surface area contributed by atoms with Crippen LogP contribution >= 0.6 is 11.6 Å². The number of benzene rings is 2. The fraction of sp³-hybridized carbons (Fsp3) is 0.292. The van der Waals surface area contributed by atoms with Gasteiger partial charge in [-0.3, -0.25) is 4.79 Å². The lowest BCUT2D eigenvalue weighted by atomic mass is 9.98. The first-order valence-corrected chi connectivity index (χ1v) is 11.0. The summed E-state index contributed by atoms with van der Waals surface area (Å²) in [5.41, 5.74) is 9.74. The highest BCUT2D eigenvalue weighted by molar-refractivity contribution is 6.31. The number of carbonyl (C=O) groups excluding carboxylic acids is 1. The van der Waals surface area contributed by atoms with Crippen molar-refractivity contribution >= 4 is 17.5 Å². The van der Waals surface area contributed by atoms with Crippen molar-refractivity contribution in [2.45, 2.75) is 25.6 Å². The van der Waals surface area contributed by atoms with E-state index in [-0.39, 0.29) is 6.04 Å². The van der Waals surface area contributed by atoms with Gasteiger partial charge in [0.1, 0.15) is 19.1 Å². The third-order valence-electron chi connectivity index (χ3n) is 6.30. The Morgan fingerprint density at radius 1 is 1.25 bits per heavy atom. The quantitative estimate of drug-likeness (QED) is 0.482. The van der Waals surface area contributed by atoms with E-state index in [1.54, 1.807) is 18.5 Å². The predicted molar refractivity (Wildman–Crippen MR) is 123 cm³/mol. The summed E-state index contributed by atoms with van der Waals surface area (Å²) in [6, 6.07) is 15.6. The second kappa shape index (κ2) is 9.53. The average molecular weight is 450 g/mol. The molecule has 2 atom stereocenters. The molecule has 4 N–H and O–H groups in total. The number of nitrogens with two attached hydrogens (primary N) is 1. The molecule has 1 aliphatic rings. The standard InChI is InChI=1S/C24H25ClN6O/c25-23-9-19(24(27)32)5-6-20(23)15-31(14-18-3-1-17(11-26)2-4-18)8-7-28-13-22(31)10-21-12-29-16-30-21/h1-6,9,12,16,22,28H,7-8,10,13-15H2,(H2-,27,29,30,32)/p+1. The van der Waals surface area contributed by atoms with E-state index in [9.17, 15) is 4.79 Å². The maximum Gasteiger partial charge on any atom is 0.248 e. The first kappa shape index (κ1) is 22.0. The van der Waals surface area contributed by atoms with E-state index in [4.69, 9.17) is 22.6 Å². The zero-order valence-electron chi connectivity index (χ0n) is 17.7. The summed E-state index contributed by atoms with van der Waals surface area (Å²) in [5.74, 6) is -0.487. The normalized spacial score (nSPS) is 20.6. The summed E-state index contributed by atoms with van der Waals surface area (Å²) in [5, 5.41) is 13.3. The molecule has 2 heterocycles. The smallest absolute Gasteiger partial charge is 0.248 e. The molecule has 164 valence electrons. The summed E-state index contributed by atoms with van der Waals surface area (Å²) in [4.78, 5) is 19.0. The number of imidazole rings is 1. The molecule has 4 rings (SSSR count). The van der Waals surface area contributed by atoms with Crippen LogP contribution in [0.5, 0.6) is 0 Å². The Kier molecular flexibility index (Phi) is 6.56. The minimum atomic E-state index is -0.487. The van der Waals surface area contributed by atoms with Gasteiger partial charge in [0.15, 0.2) is 0 Å². The highest BCUT2D eigenvalue weighted by Crippen LogP contribution is 2.30. The molecule has 0 bridgehead atoms. The summed E-state index contributed by atoms with van der Waals surface area (Å²) in [7, 11) is 0. The molecule has 0 spiro atoms. The minimum Gasteiger partial charge on any atom is -0.366 e. The molecule has 2 aromatic carbocycles. The SMILES string of the molecule is N#Cc1ccc(C[N+]2(Cc3ccc(C(N)=O)cc3Cl)CCNCC2Cc2cnc[nH]2)cc1. The molecule has 1 aliphatic heterocycles. The van der Waals surface area contributed by atoms with E-state index in [0.717, 1.165) is 54.9 Å². The van der Waals surface area contributed by atoms with Gasteiger partial charge in [-0.05, 0) is 24.3 Å². The molecule has 1 fully saturated rings. The maximum absolute atomic E-state index is 11.6. The van der Waals surface area contributed by atoms with Gasteiger partial charge in [0.2, 0.25) is 5.91 Å². The fourth-order valence-corrected chi connectivity index (χ4v) is 4.79. The van der Waals surface area contributed by atoms with E-state index < -0.39 is 5.91 Å². The lowest BCUT2D eigenvalue weighted by Crippen LogP contribution is -2.64. The van der Waals surface area contributed by atoms with E-state index in [0.29, 0.717) is 16.1 Å². The summed E-state index contributed by atoms with van der Waals surface area (Å²) >= 11 is 6.60. The molecule has 7 nitrogen and oxygen atoms in total. The van der Waals surface area contributed by atoms with E-state index in [2.05, 4.69) is 21.4 Å². The topological polar surface area (TPSA) is 108 Å². The highest BCUT2D eigenvalue weighted by atomic mass is 35.5. The number of aromatic nitrogens is 2. The zero-order valence-corrected chi connectivity index (χ0v) is 18.5. The van der Waals surface area contributed by atoms with Gasteiger partial charge in [-0.25, -0.2) is 4.98 Å². The number of nitriles is 1. The molecule has 0 aliphatic carbocycles. The molecule has 1 amide bonds. The largest absolute Gasteiger partial charge is 0.366 e. The molecule has 0 radical (unpaired) electrons. The Morgan fingerprint density at radius 2 is 2.06 bits per heavy atom. The summed E-state index contributed by atoms with van der Waals surface area (Å²) in [6.07, 6.45) is 4.43. The number of rotatable bonds is 7. The molecule has 32 heavy (non-hydrogen) atoms. The number of piperazine rings is 1. The van der Waals surface area contributed by atoms with Crippen LogP contribution in [0.1, 0.15) is 32.7 Å². The Bertz CT molecular complexity index is 1120. The molecule has 3 aromatic rings. The third-order valence-corrected chi connectivity index (χ3v) is 6.65. The van der Waals surface area contributed by atoms with Crippen LogP contribution in [0, 0.1) is 11.3 Å². The number of primary amides is 1. The van der Waals surface area contributed by atoms with Crippen molar-refractivity contribution in [1.82, 2.24) is 15.3 Å². The van der Waals surface area contributed by atoms with E-state index in [1.807, 2.05) is 36.5 Å². The monoisotopic (exact) mass is 449 g/mol. The van der Waals surface area contributed by atoms with Crippen molar-refractivity contribution in [2.24, 2.45) is 5.73 Å². The number of nitrogens with one attached hydrogen (secondary N) is 2. The van der Waals surface area contributed by atoms with Crippen molar-refractivity contribution in [3.05, 3.63) is 88.0 Å². The first-order valence-electron chi connectivity index (χ1n) is 10.6. The number of hydrogen-bond acceptors (Lipinski definition) is 4. The van der Waals surface area contributed by atoms with Crippen LogP contribution in [0.25, 0.3) is 0 Å². The van der Waals surface area contributed by atoms with Crippen LogP contribution in [0.2, 0.25) is 5.02 Å². The molecule has 8 heteroatoms. The van der Waals surface area contributed by atoms with Gasteiger partial charge < -0.3 is 20.5 Å². The van der Waals surface area contributed by atoms with Crippen molar-refractivity contribution < 1.29 is 9.28 Å². The minimum absolute atomic E-state index is 0.284. The number of quaternary nitrogens is 1. The number of aromatic amines is 1. The Morgan fingerprint density at radius 3 is 2.72 bits per heavy atom. The highest BCUT2D eigenvalue weighted by Gasteiger charge is 2.40. The summed E-state index contributed by atoms with van der Waals surface area (Å²) < 4.78 is 0.799. The van der Waals surface area contributed by atoms with E-state index in [1.165, 1.54) is 5.56 Å². The average Bonchev–Trinajstić information content (AvgIpc) is 3.30. The van der Waals surface area contributed by atoms with E-state index >= 15 is 0 Å². The van der Waals surface area contributed by atoms with Gasteiger partial charge >= 0.3 is 0 Å². The van der Waals surface area contributed by atoms with Gasteiger partial charge in [0, 0.05) is 48.1 Å². The molecule has 1 saturated heterocycles. The fourth-order valence-electron chi connectivity index (χ4n) is 4.55. The van der Waals surface area contributed by atoms with Crippen LogP contribution in [0.15, 0.2) is 55.0 Å². The van der Waals surface area contributed by atoms with Crippen molar-refractivity contribution in [3.8, 4) is 6.07 Å². The van der Waals surface area contributed by atoms with Crippen LogP contribution in [0.4, 0.5) is 0 Å². The second-order valence-corrected chi connectivity index (χ2v) is 8.78. The number of amides is 1. The summed E-state index contributed by atoms with van der Waals surface area (Å²) in [6.45, 7) is 4.21.